The summed E-state index contributed by atoms with van der Waals surface area (Å²) >= 11 is 0. The Morgan fingerprint density at radius 1 is 1.29 bits per heavy atom. The number of rotatable bonds is 5. The molecule has 0 aliphatic heterocycles. The zero-order valence-corrected chi connectivity index (χ0v) is 13.1. The van der Waals surface area contributed by atoms with Crippen molar-refractivity contribution in [2.24, 2.45) is 11.8 Å². The Morgan fingerprint density at radius 2 is 2.00 bits per heavy atom. The van der Waals surface area contributed by atoms with Crippen molar-refractivity contribution in [2.75, 3.05) is 6.61 Å². The Morgan fingerprint density at radius 3 is 2.67 bits per heavy atom. The summed E-state index contributed by atoms with van der Waals surface area (Å²) in [6, 6.07) is 8.10. The van der Waals surface area contributed by atoms with Gasteiger partial charge < -0.3 is 4.74 Å². The summed E-state index contributed by atoms with van der Waals surface area (Å²) in [5.74, 6) is -1.20. The van der Waals surface area contributed by atoms with Crippen LogP contribution in [0, 0.1) is 11.8 Å². The van der Waals surface area contributed by atoms with E-state index in [0.29, 0.717) is 6.61 Å². The van der Waals surface area contributed by atoms with E-state index >= 15 is 0 Å². The molecule has 1 aliphatic carbocycles. The van der Waals surface area contributed by atoms with Crippen molar-refractivity contribution in [1.82, 2.24) is 0 Å². The summed E-state index contributed by atoms with van der Waals surface area (Å²) in [5.41, 5.74) is 2.34. The summed E-state index contributed by atoms with van der Waals surface area (Å²) in [5, 5.41) is 0. The molecular formula is C18H24O3. The second kappa shape index (κ2) is 6.88. The molecule has 0 saturated carbocycles. The van der Waals surface area contributed by atoms with E-state index in [1.54, 1.807) is 6.92 Å². The van der Waals surface area contributed by atoms with Gasteiger partial charge in [-0.05, 0) is 43.2 Å². The van der Waals surface area contributed by atoms with Crippen molar-refractivity contribution in [2.45, 2.75) is 46.0 Å². The molecular weight excluding hydrogens is 264 g/mol. The van der Waals surface area contributed by atoms with Gasteiger partial charge in [0.15, 0.2) is 5.78 Å². The minimum absolute atomic E-state index is 0.0237. The van der Waals surface area contributed by atoms with Gasteiger partial charge in [0.05, 0.1) is 6.61 Å². The molecule has 1 aromatic rings. The van der Waals surface area contributed by atoms with Crippen LogP contribution in [0.2, 0.25) is 0 Å². The van der Waals surface area contributed by atoms with Crippen LogP contribution in [-0.4, -0.2) is 18.4 Å². The highest BCUT2D eigenvalue weighted by Gasteiger charge is 2.37. The smallest absolute Gasteiger partial charge is 0.316 e. The van der Waals surface area contributed by atoms with Crippen LogP contribution in [0.3, 0.4) is 0 Å². The molecule has 1 aliphatic rings. The molecule has 0 N–H and O–H groups in total. The van der Waals surface area contributed by atoms with Crippen molar-refractivity contribution >= 4 is 11.8 Å². The van der Waals surface area contributed by atoms with Crippen LogP contribution in [0.15, 0.2) is 24.3 Å². The van der Waals surface area contributed by atoms with Crippen LogP contribution < -0.4 is 0 Å². The Bertz CT molecular complexity index is 519. The Kier molecular flexibility index (Phi) is 5.16. The van der Waals surface area contributed by atoms with Crippen molar-refractivity contribution in [1.29, 1.82) is 0 Å². The lowest BCUT2D eigenvalue weighted by atomic mass is 9.75. The van der Waals surface area contributed by atoms with Crippen molar-refractivity contribution in [3.05, 3.63) is 35.4 Å². The molecule has 3 heteroatoms. The van der Waals surface area contributed by atoms with Crippen LogP contribution in [0.1, 0.15) is 50.7 Å². The molecule has 0 fully saturated rings. The van der Waals surface area contributed by atoms with E-state index in [0.717, 1.165) is 24.8 Å². The molecule has 0 bridgehead atoms. The van der Waals surface area contributed by atoms with E-state index in [9.17, 15) is 9.59 Å². The average molecular weight is 288 g/mol. The van der Waals surface area contributed by atoms with Crippen LogP contribution >= 0.6 is 0 Å². The number of esters is 1. The first kappa shape index (κ1) is 15.7. The fraction of sp³-hybridized carbons (Fsp3) is 0.556. The lowest BCUT2D eigenvalue weighted by Gasteiger charge is -2.28. The quantitative estimate of drug-likeness (QED) is 0.615. The van der Waals surface area contributed by atoms with Crippen LogP contribution in [0.5, 0.6) is 0 Å². The van der Waals surface area contributed by atoms with Crippen molar-refractivity contribution in [3.8, 4) is 0 Å². The maximum Gasteiger partial charge on any atom is 0.316 e. The van der Waals surface area contributed by atoms with Crippen LogP contribution in [-0.2, 0) is 20.7 Å². The number of ether oxygens (including phenoxy) is 1. The van der Waals surface area contributed by atoms with Crippen LogP contribution in [0.25, 0.3) is 0 Å². The van der Waals surface area contributed by atoms with Crippen LogP contribution in [0.4, 0.5) is 0 Å². The highest BCUT2D eigenvalue weighted by molar-refractivity contribution is 6.02. The minimum atomic E-state index is -0.652. The van der Waals surface area contributed by atoms with Crippen molar-refractivity contribution in [3.63, 3.8) is 0 Å². The number of benzene rings is 1. The Balaban J connectivity index is 2.28. The SMILES string of the molecule is CCOC(=O)C(C(=O)C1CCCc2ccccc21)C(C)C. The third kappa shape index (κ3) is 3.34. The Hall–Kier alpha value is -1.64. The third-order valence-corrected chi connectivity index (χ3v) is 4.23. The maximum absolute atomic E-state index is 12.9. The number of carbonyl (C=O) groups is 2. The van der Waals surface area contributed by atoms with E-state index in [2.05, 4.69) is 6.07 Å². The first-order valence-corrected chi connectivity index (χ1v) is 7.84. The van der Waals surface area contributed by atoms with Gasteiger partial charge in [-0.3, -0.25) is 9.59 Å². The molecule has 21 heavy (non-hydrogen) atoms. The van der Waals surface area contributed by atoms with E-state index in [1.165, 1.54) is 5.56 Å². The molecule has 1 aromatic carbocycles. The molecule has 2 unspecified atom stereocenters. The topological polar surface area (TPSA) is 43.4 Å². The molecule has 0 heterocycles. The van der Waals surface area contributed by atoms with Crippen molar-refractivity contribution < 1.29 is 14.3 Å². The molecule has 2 atom stereocenters. The van der Waals surface area contributed by atoms with Gasteiger partial charge in [0.25, 0.3) is 0 Å². The van der Waals surface area contributed by atoms with Gasteiger partial charge in [0.1, 0.15) is 5.92 Å². The molecule has 114 valence electrons. The highest BCUT2D eigenvalue weighted by atomic mass is 16.5. The predicted octanol–water partition coefficient (Wildman–Crippen LogP) is 3.51. The molecule has 2 rings (SSSR count). The maximum atomic E-state index is 12.9. The summed E-state index contributed by atoms with van der Waals surface area (Å²) in [6.07, 6.45) is 2.85. The normalized spacial score (nSPS) is 19.0. The van der Waals surface area contributed by atoms with Gasteiger partial charge in [-0.1, -0.05) is 38.1 Å². The number of ketones is 1. The second-order valence-corrected chi connectivity index (χ2v) is 6.02. The first-order valence-electron chi connectivity index (χ1n) is 7.84. The fourth-order valence-electron chi connectivity index (χ4n) is 3.22. The molecule has 0 saturated heterocycles. The minimum Gasteiger partial charge on any atom is -0.465 e. The molecule has 0 spiro atoms. The average Bonchev–Trinajstić information content (AvgIpc) is 2.46. The van der Waals surface area contributed by atoms with E-state index in [-0.39, 0.29) is 23.6 Å². The predicted molar refractivity (Wildman–Crippen MR) is 82.1 cm³/mol. The summed E-state index contributed by atoms with van der Waals surface area (Å²) in [7, 11) is 0. The zero-order chi connectivity index (χ0) is 15.4. The highest BCUT2D eigenvalue weighted by Crippen LogP contribution is 2.35. The van der Waals surface area contributed by atoms with Gasteiger partial charge in [-0.2, -0.15) is 0 Å². The van der Waals surface area contributed by atoms with Gasteiger partial charge in [0, 0.05) is 5.92 Å². The lowest BCUT2D eigenvalue weighted by molar-refractivity contribution is -0.153. The largest absolute Gasteiger partial charge is 0.465 e. The number of hydrogen-bond acceptors (Lipinski definition) is 3. The second-order valence-electron chi connectivity index (χ2n) is 6.02. The van der Waals surface area contributed by atoms with Gasteiger partial charge >= 0.3 is 5.97 Å². The van der Waals surface area contributed by atoms with E-state index < -0.39 is 5.92 Å². The van der Waals surface area contributed by atoms with Gasteiger partial charge in [0.2, 0.25) is 0 Å². The third-order valence-electron chi connectivity index (χ3n) is 4.23. The summed E-state index contributed by atoms with van der Waals surface area (Å²) in [6.45, 7) is 5.91. The monoisotopic (exact) mass is 288 g/mol. The number of Topliss-reactive ketones (excluding diaryl/α,β-unsaturated/α-hetero) is 1. The number of hydrogen-bond donors (Lipinski definition) is 0. The molecule has 0 radical (unpaired) electrons. The summed E-state index contributed by atoms with van der Waals surface area (Å²) in [4.78, 5) is 25.1. The first-order chi connectivity index (χ1) is 10.1. The zero-order valence-electron chi connectivity index (χ0n) is 13.1. The molecule has 0 aromatic heterocycles. The standard InChI is InChI=1S/C18H24O3/c1-4-21-18(20)16(12(2)3)17(19)15-11-7-9-13-8-5-6-10-14(13)15/h5-6,8,10,12,15-16H,4,7,9,11H2,1-3H3. The fourth-order valence-corrected chi connectivity index (χ4v) is 3.22. The number of carbonyl (C=O) groups excluding carboxylic acids is 2. The number of aryl methyl sites for hydroxylation is 1. The summed E-state index contributed by atoms with van der Waals surface area (Å²) < 4.78 is 5.11. The molecule has 0 amide bonds. The van der Waals surface area contributed by atoms with Gasteiger partial charge in [-0.25, -0.2) is 0 Å². The van der Waals surface area contributed by atoms with E-state index in [1.807, 2.05) is 32.0 Å². The molecule has 3 nitrogen and oxygen atoms in total. The Labute approximate surface area is 126 Å². The van der Waals surface area contributed by atoms with Gasteiger partial charge in [-0.15, -0.1) is 0 Å². The lowest BCUT2D eigenvalue weighted by Crippen LogP contribution is -2.35. The number of fused-ring (bicyclic) bond motifs is 1. The van der Waals surface area contributed by atoms with E-state index in [4.69, 9.17) is 4.74 Å².